The van der Waals surface area contributed by atoms with E-state index in [1.165, 1.54) is 38.8 Å². The van der Waals surface area contributed by atoms with Crippen LogP contribution in [-0.2, 0) is 6.42 Å². The second-order valence-electron chi connectivity index (χ2n) is 5.37. The molecule has 0 N–H and O–H groups in total. The normalized spacial score (nSPS) is 17.0. The molecule has 1 aliphatic heterocycles. The van der Waals surface area contributed by atoms with E-state index in [9.17, 15) is 0 Å². The van der Waals surface area contributed by atoms with Crippen LogP contribution >= 0.6 is 0 Å². The number of hydrogen-bond donors (Lipinski definition) is 0. The Labute approximate surface area is 119 Å². The van der Waals surface area contributed by atoms with E-state index >= 15 is 0 Å². The van der Waals surface area contributed by atoms with Crippen molar-refractivity contribution in [1.29, 1.82) is 0 Å². The number of rotatable bonds is 4. The first-order valence-electron chi connectivity index (χ1n) is 7.52. The van der Waals surface area contributed by atoms with Gasteiger partial charge in [-0.15, -0.1) is 10.2 Å². The highest BCUT2D eigenvalue weighted by Gasteiger charge is 2.12. The first kappa shape index (κ1) is 13.3. The van der Waals surface area contributed by atoms with Gasteiger partial charge in [0.2, 0.25) is 11.8 Å². The van der Waals surface area contributed by atoms with Crippen molar-refractivity contribution in [1.82, 2.24) is 15.1 Å². The fourth-order valence-corrected chi connectivity index (χ4v) is 2.67. The molecular formula is C16H21N3O. The maximum absolute atomic E-state index is 5.74. The maximum atomic E-state index is 5.74. The van der Waals surface area contributed by atoms with Gasteiger partial charge in [-0.05, 0) is 38.1 Å². The summed E-state index contributed by atoms with van der Waals surface area (Å²) in [5.74, 6) is 1.37. The highest BCUT2D eigenvalue weighted by atomic mass is 16.4. The smallest absolute Gasteiger partial charge is 0.247 e. The lowest BCUT2D eigenvalue weighted by Crippen LogP contribution is -2.27. The van der Waals surface area contributed by atoms with Gasteiger partial charge in [0.05, 0.1) is 0 Å². The molecule has 1 fully saturated rings. The summed E-state index contributed by atoms with van der Waals surface area (Å²) in [5, 5.41) is 8.29. The molecule has 3 rings (SSSR count). The molecule has 1 aromatic carbocycles. The summed E-state index contributed by atoms with van der Waals surface area (Å²) in [6.45, 7) is 3.44. The van der Waals surface area contributed by atoms with Crippen molar-refractivity contribution in [3.63, 3.8) is 0 Å². The number of hydrogen-bond acceptors (Lipinski definition) is 4. The maximum Gasteiger partial charge on any atom is 0.247 e. The van der Waals surface area contributed by atoms with Gasteiger partial charge in [0.15, 0.2) is 0 Å². The quantitative estimate of drug-likeness (QED) is 0.856. The van der Waals surface area contributed by atoms with Crippen LogP contribution in [0.1, 0.15) is 31.6 Å². The largest absolute Gasteiger partial charge is 0.421 e. The van der Waals surface area contributed by atoms with E-state index in [1.807, 2.05) is 30.3 Å². The summed E-state index contributed by atoms with van der Waals surface area (Å²) in [4.78, 5) is 2.51. The average Bonchev–Trinajstić information content (AvgIpc) is 2.82. The van der Waals surface area contributed by atoms with Gasteiger partial charge < -0.3 is 9.32 Å². The zero-order chi connectivity index (χ0) is 13.6. The fourth-order valence-electron chi connectivity index (χ4n) is 2.67. The highest BCUT2D eigenvalue weighted by Crippen LogP contribution is 2.17. The molecule has 2 heterocycles. The lowest BCUT2D eigenvalue weighted by Gasteiger charge is -2.18. The summed E-state index contributed by atoms with van der Waals surface area (Å²) in [5.41, 5.74) is 0.987. The predicted molar refractivity (Wildman–Crippen MR) is 78.3 cm³/mol. The van der Waals surface area contributed by atoms with Gasteiger partial charge in [0.25, 0.3) is 0 Å². The van der Waals surface area contributed by atoms with Crippen LogP contribution in [0.3, 0.4) is 0 Å². The molecule has 2 aromatic rings. The van der Waals surface area contributed by atoms with Crippen LogP contribution in [0.25, 0.3) is 11.5 Å². The Morgan fingerprint density at radius 1 is 0.950 bits per heavy atom. The van der Waals surface area contributed by atoms with Crippen LogP contribution in [0.5, 0.6) is 0 Å². The van der Waals surface area contributed by atoms with E-state index in [4.69, 9.17) is 4.42 Å². The van der Waals surface area contributed by atoms with Crippen molar-refractivity contribution in [2.24, 2.45) is 0 Å². The second-order valence-corrected chi connectivity index (χ2v) is 5.37. The Balaban J connectivity index is 1.57. The van der Waals surface area contributed by atoms with Crippen molar-refractivity contribution in [3.05, 3.63) is 36.2 Å². The third-order valence-corrected chi connectivity index (χ3v) is 3.83. The summed E-state index contributed by atoms with van der Waals surface area (Å²) < 4.78 is 5.74. The van der Waals surface area contributed by atoms with Gasteiger partial charge in [-0.3, -0.25) is 0 Å². The van der Waals surface area contributed by atoms with Crippen LogP contribution in [-0.4, -0.2) is 34.7 Å². The Kier molecular flexibility index (Phi) is 4.43. The Morgan fingerprint density at radius 2 is 1.70 bits per heavy atom. The first-order chi connectivity index (χ1) is 9.92. The molecular weight excluding hydrogens is 250 g/mol. The highest BCUT2D eigenvalue weighted by molar-refractivity contribution is 5.51. The molecule has 20 heavy (non-hydrogen) atoms. The van der Waals surface area contributed by atoms with Crippen LogP contribution < -0.4 is 0 Å². The van der Waals surface area contributed by atoms with Gasteiger partial charge in [-0.25, -0.2) is 0 Å². The van der Waals surface area contributed by atoms with Crippen LogP contribution in [0.15, 0.2) is 34.7 Å². The van der Waals surface area contributed by atoms with Crippen LogP contribution in [0, 0.1) is 0 Å². The number of likely N-dealkylation sites (tertiary alicyclic amines) is 1. The monoisotopic (exact) mass is 271 g/mol. The minimum atomic E-state index is 0.622. The number of nitrogens with zero attached hydrogens (tertiary/aromatic N) is 3. The Hall–Kier alpha value is -1.68. The molecule has 0 atom stereocenters. The molecule has 1 aromatic heterocycles. The molecule has 0 spiro atoms. The fraction of sp³-hybridized carbons (Fsp3) is 0.500. The van der Waals surface area contributed by atoms with Gasteiger partial charge in [-0.2, -0.15) is 0 Å². The topological polar surface area (TPSA) is 42.2 Å². The zero-order valence-electron chi connectivity index (χ0n) is 11.8. The Bertz CT molecular complexity index is 516. The molecule has 0 unspecified atom stereocenters. The van der Waals surface area contributed by atoms with Gasteiger partial charge >= 0.3 is 0 Å². The molecule has 1 aliphatic rings. The summed E-state index contributed by atoms with van der Waals surface area (Å²) in [6, 6.07) is 9.94. The Morgan fingerprint density at radius 3 is 2.45 bits per heavy atom. The van der Waals surface area contributed by atoms with Crippen molar-refractivity contribution in [2.45, 2.75) is 32.1 Å². The van der Waals surface area contributed by atoms with Crippen molar-refractivity contribution < 1.29 is 4.42 Å². The van der Waals surface area contributed by atoms with Gasteiger partial charge in [0.1, 0.15) is 0 Å². The van der Waals surface area contributed by atoms with E-state index in [0.29, 0.717) is 5.89 Å². The molecule has 0 bridgehead atoms. The van der Waals surface area contributed by atoms with E-state index < -0.39 is 0 Å². The molecule has 0 aliphatic carbocycles. The molecule has 1 saturated heterocycles. The lowest BCUT2D eigenvalue weighted by molar-refractivity contribution is 0.280. The zero-order valence-corrected chi connectivity index (χ0v) is 11.8. The van der Waals surface area contributed by atoms with E-state index in [0.717, 1.165) is 24.4 Å². The predicted octanol–water partition coefficient (Wildman–Crippen LogP) is 3.16. The third kappa shape index (κ3) is 3.45. The molecule has 4 heteroatoms. The number of benzene rings is 1. The first-order valence-corrected chi connectivity index (χ1v) is 7.52. The summed E-state index contributed by atoms with van der Waals surface area (Å²) >= 11 is 0. The van der Waals surface area contributed by atoms with Crippen molar-refractivity contribution in [3.8, 4) is 11.5 Å². The summed E-state index contributed by atoms with van der Waals surface area (Å²) in [7, 11) is 0. The standard InChI is InChI=1S/C16H21N3O/c1-2-7-12-19(11-6-1)13-10-15-17-18-16(20-15)14-8-4-3-5-9-14/h3-5,8-9H,1-2,6-7,10-13H2. The third-order valence-electron chi connectivity index (χ3n) is 3.83. The van der Waals surface area contributed by atoms with Gasteiger partial charge in [-0.1, -0.05) is 31.0 Å². The SMILES string of the molecule is c1ccc(-c2nnc(CCN3CCCCCC3)o2)cc1. The van der Waals surface area contributed by atoms with Crippen LogP contribution in [0.4, 0.5) is 0 Å². The van der Waals surface area contributed by atoms with Crippen LogP contribution in [0.2, 0.25) is 0 Å². The molecule has 0 radical (unpaired) electrons. The van der Waals surface area contributed by atoms with E-state index in [1.54, 1.807) is 0 Å². The van der Waals surface area contributed by atoms with E-state index in [-0.39, 0.29) is 0 Å². The molecule has 106 valence electrons. The average molecular weight is 271 g/mol. The minimum absolute atomic E-state index is 0.622. The minimum Gasteiger partial charge on any atom is -0.421 e. The molecule has 0 saturated carbocycles. The lowest BCUT2D eigenvalue weighted by atomic mass is 10.2. The van der Waals surface area contributed by atoms with Gasteiger partial charge in [0, 0.05) is 18.5 Å². The van der Waals surface area contributed by atoms with Crippen molar-refractivity contribution in [2.75, 3.05) is 19.6 Å². The molecule has 4 nitrogen and oxygen atoms in total. The summed E-state index contributed by atoms with van der Waals surface area (Å²) in [6.07, 6.45) is 6.22. The van der Waals surface area contributed by atoms with E-state index in [2.05, 4.69) is 15.1 Å². The molecule has 0 amide bonds. The van der Waals surface area contributed by atoms with Crippen molar-refractivity contribution >= 4 is 0 Å². The second kappa shape index (κ2) is 6.66. The number of aromatic nitrogens is 2.